The van der Waals surface area contributed by atoms with E-state index in [4.69, 9.17) is 0 Å². The van der Waals surface area contributed by atoms with Gasteiger partial charge in [0.25, 0.3) is 0 Å². The number of H-pyrrole nitrogens is 1. The van der Waals surface area contributed by atoms with Crippen LogP contribution in [0.3, 0.4) is 0 Å². The molecule has 0 spiro atoms. The van der Waals surface area contributed by atoms with Gasteiger partial charge in [0.05, 0.1) is 10.9 Å². The number of nitrogens with zero attached hydrogens (tertiary/aromatic N) is 2. The summed E-state index contributed by atoms with van der Waals surface area (Å²) in [5.41, 5.74) is 1.63. The van der Waals surface area contributed by atoms with Crippen LogP contribution in [0, 0.1) is 17.5 Å². The van der Waals surface area contributed by atoms with Gasteiger partial charge in [0.15, 0.2) is 23.3 Å². The van der Waals surface area contributed by atoms with E-state index in [1.807, 2.05) is 24.3 Å². The van der Waals surface area contributed by atoms with Crippen molar-refractivity contribution in [3.05, 3.63) is 59.4 Å². The van der Waals surface area contributed by atoms with E-state index < -0.39 is 34.3 Å². The number of hydrogen-bond acceptors (Lipinski definition) is 4. The highest BCUT2D eigenvalue weighted by Crippen LogP contribution is 2.25. The normalized spacial score (nSPS) is 12.0. The summed E-state index contributed by atoms with van der Waals surface area (Å²) in [6.07, 6.45) is 0.933. The molecular formula is C19H17F3N4OS. The van der Waals surface area contributed by atoms with Crippen molar-refractivity contribution in [3.8, 4) is 11.4 Å². The van der Waals surface area contributed by atoms with Crippen LogP contribution in [0.25, 0.3) is 11.4 Å². The van der Waals surface area contributed by atoms with E-state index in [1.54, 1.807) is 6.92 Å². The summed E-state index contributed by atoms with van der Waals surface area (Å²) in [6.45, 7) is 3.64. The molecule has 3 rings (SSSR count). The zero-order valence-electron chi connectivity index (χ0n) is 15.1. The quantitative estimate of drug-likeness (QED) is 0.465. The molecule has 1 aromatic heterocycles. The first kappa shape index (κ1) is 19.9. The Kier molecular flexibility index (Phi) is 6.03. The van der Waals surface area contributed by atoms with E-state index >= 15 is 0 Å². The second-order valence-corrected chi connectivity index (χ2v) is 7.30. The molecule has 1 amide bonds. The number of carbonyl (C=O) groups excluding carboxylic acids is 1. The van der Waals surface area contributed by atoms with Crippen LogP contribution >= 0.6 is 11.8 Å². The Hall–Kier alpha value is -2.81. The van der Waals surface area contributed by atoms with Gasteiger partial charge < -0.3 is 5.32 Å². The molecule has 0 unspecified atom stereocenters. The highest BCUT2D eigenvalue weighted by Gasteiger charge is 2.21. The lowest BCUT2D eigenvalue weighted by molar-refractivity contribution is -0.115. The second-order valence-electron chi connectivity index (χ2n) is 5.99. The Balaban J connectivity index is 1.66. The smallest absolute Gasteiger partial charge is 0.237 e. The van der Waals surface area contributed by atoms with E-state index in [0.29, 0.717) is 11.0 Å². The van der Waals surface area contributed by atoms with Crippen molar-refractivity contribution in [2.24, 2.45) is 0 Å². The molecule has 2 aromatic carbocycles. The Morgan fingerprint density at radius 1 is 1.14 bits per heavy atom. The summed E-state index contributed by atoms with van der Waals surface area (Å²) in [7, 11) is 0. The van der Waals surface area contributed by atoms with Gasteiger partial charge in [0.1, 0.15) is 0 Å². The van der Waals surface area contributed by atoms with Crippen molar-refractivity contribution in [3.63, 3.8) is 0 Å². The molecule has 0 saturated carbocycles. The maximum Gasteiger partial charge on any atom is 0.237 e. The number of thioether (sulfide) groups is 1. The standard InChI is InChI=1S/C19H17F3N4OS/c1-3-11-4-6-12(7-5-11)17-24-19(26-25-17)28-10(2)18(27)23-14-9-8-13(20)15(21)16(14)22/h4-10H,3H2,1-2H3,(H,23,27)(H,24,25,26)/t10-/m1/s1. The van der Waals surface area contributed by atoms with Gasteiger partial charge in [-0.3, -0.25) is 9.89 Å². The van der Waals surface area contributed by atoms with Crippen LogP contribution in [-0.2, 0) is 11.2 Å². The summed E-state index contributed by atoms with van der Waals surface area (Å²) < 4.78 is 39.9. The Morgan fingerprint density at radius 3 is 2.54 bits per heavy atom. The second kappa shape index (κ2) is 8.47. The van der Waals surface area contributed by atoms with Crippen LogP contribution in [0.5, 0.6) is 0 Å². The molecule has 2 N–H and O–H groups in total. The average Bonchev–Trinajstić information content (AvgIpc) is 3.16. The minimum absolute atomic E-state index is 0.336. The van der Waals surface area contributed by atoms with E-state index in [1.165, 1.54) is 5.56 Å². The van der Waals surface area contributed by atoms with E-state index in [0.717, 1.165) is 35.9 Å². The molecule has 0 bridgehead atoms. The first-order valence-electron chi connectivity index (χ1n) is 8.51. The number of halogens is 3. The summed E-state index contributed by atoms with van der Waals surface area (Å²) in [4.78, 5) is 16.6. The number of aromatic amines is 1. The zero-order chi connectivity index (χ0) is 20.3. The third-order valence-corrected chi connectivity index (χ3v) is 5.01. The lowest BCUT2D eigenvalue weighted by Crippen LogP contribution is -2.23. The van der Waals surface area contributed by atoms with E-state index in [9.17, 15) is 18.0 Å². The van der Waals surface area contributed by atoms with Crippen LogP contribution in [0.4, 0.5) is 18.9 Å². The number of hydrogen-bond donors (Lipinski definition) is 2. The van der Waals surface area contributed by atoms with Gasteiger partial charge >= 0.3 is 0 Å². The van der Waals surface area contributed by atoms with Crippen molar-refractivity contribution in [2.75, 3.05) is 5.32 Å². The SMILES string of the molecule is CCc1ccc(-c2nc(S[C@H](C)C(=O)Nc3ccc(F)c(F)c3F)n[nH]2)cc1. The number of carbonyl (C=O) groups is 1. The van der Waals surface area contributed by atoms with Crippen LogP contribution < -0.4 is 5.32 Å². The average molecular weight is 406 g/mol. The van der Waals surface area contributed by atoms with Gasteiger partial charge in [0, 0.05) is 5.56 Å². The predicted molar refractivity (Wildman–Crippen MR) is 101 cm³/mol. The van der Waals surface area contributed by atoms with Gasteiger partial charge in [-0.2, -0.15) is 0 Å². The molecule has 1 heterocycles. The topological polar surface area (TPSA) is 70.7 Å². The van der Waals surface area contributed by atoms with Gasteiger partial charge in [-0.25, -0.2) is 18.2 Å². The molecule has 9 heteroatoms. The zero-order valence-corrected chi connectivity index (χ0v) is 15.9. The fraction of sp³-hybridized carbons (Fsp3) is 0.211. The number of amides is 1. The number of anilines is 1. The van der Waals surface area contributed by atoms with E-state index in [2.05, 4.69) is 27.4 Å². The lowest BCUT2D eigenvalue weighted by Gasteiger charge is -2.11. The lowest BCUT2D eigenvalue weighted by atomic mass is 10.1. The van der Waals surface area contributed by atoms with Crippen molar-refractivity contribution < 1.29 is 18.0 Å². The van der Waals surface area contributed by atoms with Gasteiger partial charge in [-0.15, -0.1) is 5.10 Å². The van der Waals surface area contributed by atoms with Crippen molar-refractivity contribution in [1.82, 2.24) is 15.2 Å². The monoisotopic (exact) mass is 406 g/mol. The molecule has 0 saturated heterocycles. The molecule has 1 atom stereocenters. The van der Waals surface area contributed by atoms with Crippen LogP contribution in [0.15, 0.2) is 41.6 Å². The molecule has 0 aliphatic carbocycles. The number of aryl methyl sites for hydroxylation is 1. The summed E-state index contributed by atoms with van der Waals surface area (Å²) in [5.74, 6) is -4.43. The fourth-order valence-corrected chi connectivity index (χ4v) is 3.12. The summed E-state index contributed by atoms with van der Waals surface area (Å²) in [5, 5.41) is 8.77. The number of nitrogens with one attached hydrogen (secondary N) is 2. The first-order valence-corrected chi connectivity index (χ1v) is 9.39. The van der Waals surface area contributed by atoms with Crippen molar-refractivity contribution in [1.29, 1.82) is 0 Å². The van der Waals surface area contributed by atoms with Gasteiger partial charge in [0.2, 0.25) is 11.1 Å². The van der Waals surface area contributed by atoms with Gasteiger partial charge in [-0.1, -0.05) is 43.0 Å². The van der Waals surface area contributed by atoms with Crippen molar-refractivity contribution >= 4 is 23.4 Å². The molecule has 0 fully saturated rings. The molecule has 146 valence electrons. The minimum atomic E-state index is -1.63. The first-order chi connectivity index (χ1) is 13.4. The predicted octanol–water partition coefficient (Wildman–Crippen LogP) is 4.57. The third kappa shape index (κ3) is 4.36. The van der Waals surface area contributed by atoms with Crippen molar-refractivity contribution in [2.45, 2.75) is 30.7 Å². The number of aromatic nitrogens is 3. The third-order valence-electron chi connectivity index (χ3n) is 4.04. The maximum absolute atomic E-state index is 13.7. The molecule has 0 aliphatic rings. The Morgan fingerprint density at radius 2 is 1.86 bits per heavy atom. The molecule has 0 aliphatic heterocycles. The van der Waals surface area contributed by atoms with Crippen LogP contribution in [0.2, 0.25) is 0 Å². The summed E-state index contributed by atoms with van der Waals surface area (Å²) in [6, 6.07) is 9.56. The summed E-state index contributed by atoms with van der Waals surface area (Å²) >= 11 is 1.05. The van der Waals surface area contributed by atoms with Crippen LogP contribution in [0.1, 0.15) is 19.4 Å². The largest absolute Gasteiger partial charge is 0.323 e. The van der Waals surface area contributed by atoms with E-state index in [-0.39, 0.29) is 0 Å². The molecule has 5 nitrogen and oxygen atoms in total. The number of rotatable bonds is 6. The maximum atomic E-state index is 13.7. The minimum Gasteiger partial charge on any atom is -0.323 e. The Bertz CT molecular complexity index is 991. The Labute approximate surface area is 163 Å². The van der Waals surface area contributed by atoms with Crippen LogP contribution in [-0.4, -0.2) is 26.3 Å². The highest BCUT2D eigenvalue weighted by atomic mass is 32.2. The number of benzene rings is 2. The van der Waals surface area contributed by atoms with Gasteiger partial charge in [-0.05, 0) is 31.0 Å². The fourth-order valence-electron chi connectivity index (χ4n) is 2.39. The molecule has 0 radical (unpaired) electrons. The molecular weight excluding hydrogens is 389 g/mol. The molecule has 3 aromatic rings. The highest BCUT2D eigenvalue weighted by molar-refractivity contribution is 8.00. The molecule has 28 heavy (non-hydrogen) atoms.